The number of thioether (sulfide) groups is 1. The maximum absolute atomic E-state index is 10.6. The van der Waals surface area contributed by atoms with Crippen LogP contribution in [0.25, 0.3) is 0 Å². The lowest BCUT2D eigenvalue weighted by molar-refractivity contribution is -0.136. The fraction of sp³-hybridized carbons (Fsp3) is 0.533. The molecule has 1 fully saturated rings. The van der Waals surface area contributed by atoms with E-state index in [1.807, 2.05) is 24.3 Å². The molecule has 0 aromatic heterocycles. The van der Waals surface area contributed by atoms with Crippen molar-refractivity contribution in [2.75, 3.05) is 18.1 Å². The Morgan fingerprint density at radius 3 is 2.47 bits per heavy atom. The minimum atomic E-state index is -0.777. The molecule has 0 spiro atoms. The summed E-state index contributed by atoms with van der Waals surface area (Å²) in [5.41, 5.74) is 2.08. The molecule has 1 heterocycles. The van der Waals surface area contributed by atoms with Crippen LogP contribution in [0.2, 0.25) is 0 Å². The lowest BCUT2D eigenvalue weighted by Gasteiger charge is -2.21. The van der Waals surface area contributed by atoms with E-state index >= 15 is 0 Å². The summed E-state index contributed by atoms with van der Waals surface area (Å²) in [7, 11) is 0. The largest absolute Gasteiger partial charge is 0.481 e. The summed E-state index contributed by atoms with van der Waals surface area (Å²) in [5, 5.41) is 12.2. The van der Waals surface area contributed by atoms with Gasteiger partial charge in [-0.05, 0) is 47.9 Å². The normalized spacial score (nSPS) is 16.4. The summed E-state index contributed by atoms with van der Waals surface area (Å²) in [6, 6.07) is 7.84. The fourth-order valence-electron chi connectivity index (χ4n) is 2.32. The standard InChI is InChI=1S/C15H21NO2S/c17-15(18)9-12-1-3-13(4-2-12)10-16-11-14-5-7-19-8-6-14/h1-4,14,16H,5-11H2,(H,17,18). The number of carbonyl (C=O) groups is 1. The molecule has 0 aliphatic carbocycles. The highest BCUT2D eigenvalue weighted by atomic mass is 32.2. The third kappa shape index (κ3) is 5.25. The van der Waals surface area contributed by atoms with E-state index in [2.05, 4.69) is 17.1 Å². The van der Waals surface area contributed by atoms with Crippen molar-refractivity contribution in [2.45, 2.75) is 25.8 Å². The number of nitrogens with one attached hydrogen (secondary N) is 1. The van der Waals surface area contributed by atoms with Crippen LogP contribution in [0, 0.1) is 5.92 Å². The molecular weight excluding hydrogens is 258 g/mol. The van der Waals surface area contributed by atoms with Gasteiger partial charge >= 0.3 is 5.97 Å². The van der Waals surface area contributed by atoms with Gasteiger partial charge < -0.3 is 10.4 Å². The first-order valence-corrected chi connectivity index (χ1v) is 7.97. The summed E-state index contributed by atoms with van der Waals surface area (Å²) in [6.07, 6.45) is 2.76. The highest BCUT2D eigenvalue weighted by Crippen LogP contribution is 2.21. The van der Waals surface area contributed by atoms with Gasteiger partial charge in [-0.1, -0.05) is 24.3 Å². The number of carboxylic acids is 1. The minimum absolute atomic E-state index is 0.105. The van der Waals surface area contributed by atoms with Gasteiger partial charge in [0.15, 0.2) is 0 Å². The fourth-order valence-corrected chi connectivity index (χ4v) is 3.52. The summed E-state index contributed by atoms with van der Waals surface area (Å²) in [6.45, 7) is 1.97. The highest BCUT2D eigenvalue weighted by molar-refractivity contribution is 7.99. The van der Waals surface area contributed by atoms with Crippen LogP contribution in [-0.2, 0) is 17.8 Å². The number of hydrogen-bond acceptors (Lipinski definition) is 3. The third-order valence-electron chi connectivity index (χ3n) is 3.48. The van der Waals surface area contributed by atoms with Gasteiger partial charge in [0.2, 0.25) is 0 Å². The van der Waals surface area contributed by atoms with Crippen molar-refractivity contribution in [2.24, 2.45) is 5.92 Å². The summed E-state index contributed by atoms with van der Waals surface area (Å²) < 4.78 is 0. The van der Waals surface area contributed by atoms with Gasteiger partial charge in [0.1, 0.15) is 0 Å². The van der Waals surface area contributed by atoms with Gasteiger partial charge in [0, 0.05) is 6.54 Å². The Labute approximate surface area is 118 Å². The molecule has 0 atom stereocenters. The molecule has 1 aliphatic rings. The second-order valence-electron chi connectivity index (χ2n) is 5.07. The van der Waals surface area contributed by atoms with Crippen LogP contribution in [0.4, 0.5) is 0 Å². The molecule has 104 valence electrons. The second-order valence-corrected chi connectivity index (χ2v) is 6.30. The lowest BCUT2D eigenvalue weighted by atomic mass is 10.0. The zero-order valence-corrected chi connectivity index (χ0v) is 11.9. The molecule has 3 nitrogen and oxygen atoms in total. The number of carboxylic acid groups (broad SMARTS) is 1. The molecule has 2 rings (SSSR count). The Hall–Kier alpha value is -1.00. The van der Waals surface area contributed by atoms with E-state index < -0.39 is 5.97 Å². The molecule has 0 bridgehead atoms. The second kappa shape index (κ2) is 7.56. The van der Waals surface area contributed by atoms with Crippen LogP contribution >= 0.6 is 11.8 Å². The van der Waals surface area contributed by atoms with E-state index in [0.29, 0.717) is 0 Å². The predicted molar refractivity (Wildman–Crippen MR) is 79.5 cm³/mol. The van der Waals surface area contributed by atoms with Gasteiger partial charge in [-0.15, -0.1) is 0 Å². The Balaban J connectivity index is 1.71. The van der Waals surface area contributed by atoms with Crippen molar-refractivity contribution in [3.05, 3.63) is 35.4 Å². The van der Waals surface area contributed by atoms with Crippen LogP contribution < -0.4 is 5.32 Å². The van der Waals surface area contributed by atoms with Crippen molar-refractivity contribution in [3.8, 4) is 0 Å². The van der Waals surface area contributed by atoms with Gasteiger partial charge in [0.05, 0.1) is 6.42 Å². The molecule has 2 N–H and O–H groups in total. The first-order valence-electron chi connectivity index (χ1n) is 6.82. The summed E-state index contributed by atoms with van der Waals surface area (Å²) >= 11 is 2.06. The summed E-state index contributed by atoms with van der Waals surface area (Å²) in [4.78, 5) is 10.6. The van der Waals surface area contributed by atoms with Crippen molar-refractivity contribution >= 4 is 17.7 Å². The molecule has 1 aliphatic heterocycles. The van der Waals surface area contributed by atoms with Crippen LogP contribution in [0.1, 0.15) is 24.0 Å². The SMILES string of the molecule is O=C(O)Cc1ccc(CNCC2CCSCC2)cc1. The molecule has 0 amide bonds. The van der Waals surface area contributed by atoms with Crippen LogP contribution in [-0.4, -0.2) is 29.1 Å². The smallest absolute Gasteiger partial charge is 0.307 e. The molecule has 0 saturated carbocycles. The first kappa shape index (κ1) is 14.4. The molecule has 19 heavy (non-hydrogen) atoms. The van der Waals surface area contributed by atoms with Crippen molar-refractivity contribution < 1.29 is 9.90 Å². The molecule has 1 aromatic carbocycles. The predicted octanol–water partition coefficient (Wildman–Crippen LogP) is 2.55. The molecule has 1 aromatic rings. The van der Waals surface area contributed by atoms with Gasteiger partial charge in [-0.25, -0.2) is 0 Å². The van der Waals surface area contributed by atoms with E-state index in [-0.39, 0.29) is 6.42 Å². The average molecular weight is 279 g/mol. The average Bonchev–Trinajstić information content (AvgIpc) is 2.41. The zero-order valence-electron chi connectivity index (χ0n) is 11.1. The number of benzene rings is 1. The topological polar surface area (TPSA) is 49.3 Å². The molecular formula is C15H21NO2S. The highest BCUT2D eigenvalue weighted by Gasteiger charge is 2.12. The van der Waals surface area contributed by atoms with Gasteiger partial charge in [-0.2, -0.15) is 11.8 Å². The maximum atomic E-state index is 10.6. The maximum Gasteiger partial charge on any atom is 0.307 e. The Bertz CT molecular complexity index is 399. The first-order chi connectivity index (χ1) is 9.24. The Kier molecular flexibility index (Phi) is 5.73. The van der Waals surface area contributed by atoms with E-state index in [1.165, 1.54) is 29.9 Å². The third-order valence-corrected chi connectivity index (χ3v) is 4.53. The quantitative estimate of drug-likeness (QED) is 0.840. The minimum Gasteiger partial charge on any atom is -0.481 e. The molecule has 0 unspecified atom stereocenters. The van der Waals surface area contributed by atoms with E-state index in [4.69, 9.17) is 5.11 Å². The van der Waals surface area contributed by atoms with Crippen LogP contribution in [0.5, 0.6) is 0 Å². The van der Waals surface area contributed by atoms with Gasteiger partial charge in [0.25, 0.3) is 0 Å². The van der Waals surface area contributed by atoms with Crippen LogP contribution in [0.3, 0.4) is 0 Å². The van der Waals surface area contributed by atoms with E-state index in [9.17, 15) is 4.79 Å². The van der Waals surface area contributed by atoms with Gasteiger partial charge in [-0.3, -0.25) is 4.79 Å². The Morgan fingerprint density at radius 2 is 1.84 bits per heavy atom. The molecule has 0 radical (unpaired) electrons. The number of hydrogen-bond donors (Lipinski definition) is 2. The zero-order chi connectivity index (χ0) is 13.5. The number of aliphatic carboxylic acids is 1. The van der Waals surface area contributed by atoms with E-state index in [0.717, 1.165) is 24.6 Å². The van der Waals surface area contributed by atoms with Crippen molar-refractivity contribution in [1.82, 2.24) is 5.32 Å². The molecule has 4 heteroatoms. The lowest BCUT2D eigenvalue weighted by Crippen LogP contribution is -2.25. The van der Waals surface area contributed by atoms with E-state index in [1.54, 1.807) is 0 Å². The Morgan fingerprint density at radius 1 is 1.21 bits per heavy atom. The summed E-state index contributed by atoms with van der Waals surface area (Å²) in [5.74, 6) is 2.65. The molecule has 1 saturated heterocycles. The van der Waals surface area contributed by atoms with Crippen molar-refractivity contribution in [3.63, 3.8) is 0 Å². The monoisotopic (exact) mass is 279 g/mol. The number of rotatable bonds is 6. The van der Waals surface area contributed by atoms with Crippen molar-refractivity contribution in [1.29, 1.82) is 0 Å². The van der Waals surface area contributed by atoms with Crippen LogP contribution in [0.15, 0.2) is 24.3 Å².